The van der Waals surface area contributed by atoms with Gasteiger partial charge in [-0.1, -0.05) is 48.5 Å². The molecule has 0 spiro atoms. The second-order valence-corrected chi connectivity index (χ2v) is 7.66. The lowest BCUT2D eigenvalue weighted by Gasteiger charge is -2.35. The zero-order chi connectivity index (χ0) is 21.1. The van der Waals surface area contributed by atoms with Gasteiger partial charge in [0, 0.05) is 24.4 Å². The molecule has 4 rings (SSSR count). The highest BCUT2D eigenvalue weighted by molar-refractivity contribution is 7.14. The highest BCUT2D eigenvalue weighted by Crippen LogP contribution is 2.34. The largest absolute Gasteiger partial charge is 0.476 e. The first-order chi connectivity index (χ1) is 14.6. The Labute approximate surface area is 179 Å². The van der Waals surface area contributed by atoms with Crippen molar-refractivity contribution in [3.63, 3.8) is 0 Å². The normalized spacial score (nSPS) is 15.1. The third-order valence-electron chi connectivity index (χ3n) is 4.80. The molecule has 0 N–H and O–H groups in total. The van der Waals surface area contributed by atoms with Crippen LogP contribution in [0.2, 0.25) is 0 Å². The van der Waals surface area contributed by atoms with Crippen LogP contribution in [0.4, 0.5) is 10.8 Å². The van der Waals surface area contributed by atoms with Crippen LogP contribution in [0.1, 0.15) is 6.92 Å². The number of ether oxygens (including phenoxy) is 1. The second kappa shape index (κ2) is 8.51. The Bertz CT molecular complexity index is 1080. The van der Waals surface area contributed by atoms with Crippen LogP contribution in [-0.4, -0.2) is 36.0 Å². The molecule has 1 atom stereocenters. The van der Waals surface area contributed by atoms with E-state index in [9.17, 15) is 9.59 Å². The summed E-state index contributed by atoms with van der Waals surface area (Å²) in [5, 5.41) is 2.49. The summed E-state index contributed by atoms with van der Waals surface area (Å²) in [6.07, 6.45) is 0.828. The first-order valence-corrected chi connectivity index (χ1v) is 10.4. The zero-order valence-corrected chi connectivity index (χ0v) is 17.3. The van der Waals surface area contributed by atoms with Crippen molar-refractivity contribution >= 4 is 34.0 Å². The van der Waals surface area contributed by atoms with E-state index in [-0.39, 0.29) is 18.4 Å². The van der Waals surface area contributed by atoms with Crippen LogP contribution in [0.25, 0.3) is 11.3 Å². The van der Waals surface area contributed by atoms with E-state index in [0.29, 0.717) is 23.1 Å². The van der Waals surface area contributed by atoms with Gasteiger partial charge in [0.05, 0.1) is 17.9 Å². The fourth-order valence-corrected chi connectivity index (χ4v) is 4.20. The number of carbonyl (C=O) groups is 2. The minimum atomic E-state index is -0.826. The van der Waals surface area contributed by atoms with E-state index < -0.39 is 6.10 Å². The van der Waals surface area contributed by atoms with Gasteiger partial charge in [0.1, 0.15) is 5.75 Å². The summed E-state index contributed by atoms with van der Waals surface area (Å²) in [6.45, 7) is 5.70. The van der Waals surface area contributed by atoms with Crippen molar-refractivity contribution < 1.29 is 14.3 Å². The summed E-state index contributed by atoms with van der Waals surface area (Å²) >= 11 is 1.39. The van der Waals surface area contributed by atoms with Crippen molar-refractivity contribution in [3.8, 4) is 17.0 Å². The molecule has 0 saturated carbocycles. The van der Waals surface area contributed by atoms with Crippen molar-refractivity contribution in [1.29, 1.82) is 0 Å². The van der Waals surface area contributed by atoms with Crippen LogP contribution in [0.15, 0.2) is 72.6 Å². The number of amides is 2. The minimum absolute atomic E-state index is 0.139. The number of hydrogen-bond donors (Lipinski definition) is 0. The van der Waals surface area contributed by atoms with Crippen molar-refractivity contribution in [3.05, 3.63) is 72.6 Å². The molecule has 1 unspecified atom stereocenters. The maximum Gasteiger partial charge on any atom is 0.272 e. The first kappa shape index (κ1) is 19.8. The van der Waals surface area contributed by atoms with Gasteiger partial charge >= 0.3 is 0 Å². The Hall–Kier alpha value is -3.45. The molecule has 7 heteroatoms. The molecular weight excluding hydrogens is 398 g/mol. The number of nitrogens with zero attached hydrogens (tertiary/aromatic N) is 3. The van der Waals surface area contributed by atoms with Gasteiger partial charge in [-0.25, -0.2) is 4.98 Å². The topological polar surface area (TPSA) is 62.7 Å². The van der Waals surface area contributed by atoms with Crippen LogP contribution in [-0.2, 0) is 9.59 Å². The molecule has 1 aromatic heterocycles. The van der Waals surface area contributed by atoms with Crippen LogP contribution in [0.3, 0.4) is 0 Å². The fourth-order valence-electron chi connectivity index (χ4n) is 3.36. The Morgan fingerprint density at radius 2 is 1.97 bits per heavy atom. The molecular formula is C23H21N3O3S. The van der Waals surface area contributed by atoms with Crippen molar-refractivity contribution in [1.82, 2.24) is 4.98 Å². The van der Waals surface area contributed by atoms with Crippen molar-refractivity contribution in [2.75, 3.05) is 22.9 Å². The quantitative estimate of drug-likeness (QED) is 0.583. The summed E-state index contributed by atoms with van der Waals surface area (Å²) in [5.74, 6) is 0.115. The molecule has 0 bridgehead atoms. The summed E-state index contributed by atoms with van der Waals surface area (Å²) in [7, 11) is 0. The summed E-state index contributed by atoms with van der Waals surface area (Å²) < 4.78 is 5.97. The summed E-state index contributed by atoms with van der Waals surface area (Å²) in [4.78, 5) is 33.4. The second-order valence-electron chi connectivity index (χ2n) is 6.82. The number of thiazole rings is 1. The van der Waals surface area contributed by atoms with Gasteiger partial charge in [0.25, 0.3) is 5.91 Å². The number of hydrogen-bond acceptors (Lipinski definition) is 5. The molecule has 2 amide bonds. The first-order valence-electron chi connectivity index (χ1n) is 9.55. The van der Waals surface area contributed by atoms with Gasteiger partial charge in [0.15, 0.2) is 11.2 Å². The molecule has 0 fully saturated rings. The van der Waals surface area contributed by atoms with E-state index in [1.165, 1.54) is 18.3 Å². The molecule has 3 aromatic rings. The standard InChI is InChI=1S/C23H21N3O3S/c1-3-13-25(23-24-18(15-30-23)17-9-5-4-6-10-17)22(28)21-14-26(16(2)27)19-11-7-8-12-20(19)29-21/h3-12,15,21H,1,13-14H2,2H3. The number of aromatic nitrogens is 1. The van der Waals surface area contributed by atoms with E-state index in [2.05, 4.69) is 11.6 Å². The SMILES string of the molecule is C=CCN(C(=O)C1CN(C(C)=O)c2ccccc2O1)c1nc(-c2ccccc2)cs1. The highest BCUT2D eigenvalue weighted by Gasteiger charge is 2.36. The molecule has 2 aromatic carbocycles. The Kier molecular flexibility index (Phi) is 5.63. The predicted molar refractivity (Wildman–Crippen MR) is 119 cm³/mol. The van der Waals surface area contributed by atoms with E-state index in [1.54, 1.807) is 21.9 Å². The number of para-hydroxylation sites is 2. The maximum atomic E-state index is 13.4. The lowest BCUT2D eigenvalue weighted by Crippen LogP contribution is -2.51. The van der Waals surface area contributed by atoms with Gasteiger partial charge in [-0.2, -0.15) is 0 Å². The van der Waals surface area contributed by atoms with E-state index >= 15 is 0 Å². The number of fused-ring (bicyclic) bond motifs is 1. The molecule has 6 nitrogen and oxygen atoms in total. The molecule has 152 valence electrons. The molecule has 0 saturated heterocycles. The van der Waals surface area contributed by atoms with Crippen LogP contribution in [0, 0.1) is 0 Å². The Balaban J connectivity index is 1.62. The van der Waals surface area contributed by atoms with E-state index in [0.717, 1.165) is 11.3 Å². The Morgan fingerprint density at radius 3 is 2.70 bits per heavy atom. The highest BCUT2D eigenvalue weighted by atomic mass is 32.1. The van der Waals surface area contributed by atoms with E-state index in [1.807, 2.05) is 53.9 Å². The van der Waals surface area contributed by atoms with Gasteiger partial charge < -0.3 is 9.64 Å². The van der Waals surface area contributed by atoms with Crippen LogP contribution >= 0.6 is 11.3 Å². The average Bonchev–Trinajstić information content (AvgIpc) is 3.26. The molecule has 2 heterocycles. The minimum Gasteiger partial charge on any atom is -0.476 e. The number of anilines is 2. The zero-order valence-electron chi connectivity index (χ0n) is 16.5. The van der Waals surface area contributed by atoms with Crippen molar-refractivity contribution in [2.24, 2.45) is 0 Å². The molecule has 0 radical (unpaired) electrons. The smallest absolute Gasteiger partial charge is 0.272 e. The van der Waals surface area contributed by atoms with Gasteiger partial charge in [-0.3, -0.25) is 14.5 Å². The third-order valence-corrected chi connectivity index (χ3v) is 5.66. The third kappa shape index (κ3) is 3.84. The lowest BCUT2D eigenvalue weighted by molar-refractivity contribution is -0.125. The number of carbonyl (C=O) groups excluding carboxylic acids is 2. The lowest BCUT2D eigenvalue weighted by atomic mass is 10.1. The van der Waals surface area contributed by atoms with Crippen molar-refractivity contribution in [2.45, 2.75) is 13.0 Å². The molecule has 1 aliphatic heterocycles. The summed E-state index contributed by atoms with van der Waals surface area (Å²) in [5.41, 5.74) is 2.46. The molecule has 0 aliphatic carbocycles. The Morgan fingerprint density at radius 1 is 1.23 bits per heavy atom. The van der Waals surface area contributed by atoms with Crippen LogP contribution in [0.5, 0.6) is 5.75 Å². The average molecular weight is 420 g/mol. The molecule has 1 aliphatic rings. The maximum absolute atomic E-state index is 13.4. The van der Waals surface area contributed by atoms with Gasteiger partial charge in [-0.05, 0) is 12.1 Å². The van der Waals surface area contributed by atoms with Gasteiger partial charge in [-0.15, -0.1) is 17.9 Å². The monoisotopic (exact) mass is 419 g/mol. The number of rotatable bonds is 5. The molecule has 30 heavy (non-hydrogen) atoms. The van der Waals surface area contributed by atoms with Crippen LogP contribution < -0.4 is 14.5 Å². The van der Waals surface area contributed by atoms with Gasteiger partial charge in [0.2, 0.25) is 5.91 Å². The summed E-state index contributed by atoms with van der Waals surface area (Å²) in [6, 6.07) is 17.0. The van der Waals surface area contributed by atoms with E-state index in [4.69, 9.17) is 4.74 Å². The fraction of sp³-hybridized carbons (Fsp3) is 0.174. The number of benzene rings is 2. The predicted octanol–water partition coefficient (Wildman–Crippen LogP) is 4.14.